The number of likely N-dealkylation sites (tertiary alicyclic amines) is 1. The van der Waals surface area contributed by atoms with Gasteiger partial charge in [-0.1, -0.05) is 17.7 Å². The third kappa shape index (κ3) is 7.21. The van der Waals surface area contributed by atoms with Crippen LogP contribution >= 0.6 is 0 Å². The van der Waals surface area contributed by atoms with Crippen LogP contribution in [-0.4, -0.2) is 58.1 Å². The van der Waals surface area contributed by atoms with E-state index >= 15 is 4.39 Å². The molecule has 0 unspecified atom stereocenters. The molecule has 1 saturated heterocycles. The minimum absolute atomic E-state index is 0.0407. The summed E-state index contributed by atoms with van der Waals surface area (Å²) in [4.78, 5) is 42.4. The lowest BCUT2D eigenvalue weighted by atomic mass is 10.0. The van der Waals surface area contributed by atoms with Gasteiger partial charge < -0.3 is 26.0 Å². The monoisotopic (exact) mass is 649 g/mol. The van der Waals surface area contributed by atoms with E-state index in [4.69, 9.17) is 15.5 Å². The van der Waals surface area contributed by atoms with Crippen molar-refractivity contribution >= 4 is 45.9 Å². The summed E-state index contributed by atoms with van der Waals surface area (Å²) in [7, 11) is 0. The molecule has 0 bridgehead atoms. The number of ether oxygens (including phenoxy) is 1. The fraction of sp³-hybridized carbons (Fsp3) is 0.324. The first-order chi connectivity index (χ1) is 23.1. The Bertz CT molecular complexity index is 1880. The van der Waals surface area contributed by atoms with Gasteiger partial charge in [-0.05, 0) is 82.9 Å². The van der Waals surface area contributed by atoms with Gasteiger partial charge in [0, 0.05) is 67.0 Å². The molecule has 2 aromatic heterocycles. The second-order valence-electron chi connectivity index (χ2n) is 12.8. The van der Waals surface area contributed by atoms with Gasteiger partial charge in [-0.15, -0.1) is 0 Å². The van der Waals surface area contributed by atoms with Gasteiger partial charge in [0.05, 0.1) is 22.6 Å². The normalized spacial score (nSPS) is 16.7. The Hall–Kier alpha value is -5.16. The fourth-order valence-corrected chi connectivity index (χ4v) is 5.80. The van der Waals surface area contributed by atoms with E-state index in [0.29, 0.717) is 52.5 Å². The summed E-state index contributed by atoms with van der Waals surface area (Å²) in [6, 6.07) is 15.7. The molecular formula is C37H40FN7O3. The van der Waals surface area contributed by atoms with Crippen molar-refractivity contribution in [2.24, 2.45) is 16.1 Å². The molecule has 4 N–H and O–H groups in total. The van der Waals surface area contributed by atoms with Crippen LogP contribution in [0, 0.1) is 18.2 Å². The zero-order valence-corrected chi connectivity index (χ0v) is 27.4. The summed E-state index contributed by atoms with van der Waals surface area (Å²) in [5, 5.41) is 6.10. The Morgan fingerprint density at radius 2 is 1.69 bits per heavy atom. The largest absolute Gasteiger partial charge is 0.453 e. The highest BCUT2D eigenvalue weighted by atomic mass is 19.1. The number of carbonyl (C=O) groups is 2. The highest BCUT2D eigenvalue weighted by Crippen LogP contribution is 2.47. The molecule has 248 valence electrons. The second-order valence-corrected chi connectivity index (χ2v) is 12.8. The molecule has 48 heavy (non-hydrogen) atoms. The Morgan fingerprint density at radius 3 is 2.33 bits per heavy atom. The van der Waals surface area contributed by atoms with E-state index in [9.17, 15) is 9.59 Å². The maximum Gasteiger partial charge on any atom is 0.240 e. The molecule has 0 radical (unpaired) electrons. The lowest BCUT2D eigenvalue weighted by Gasteiger charge is -2.33. The zero-order chi connectivity index (χ0) is 33.8. The zero-order valence-electron chi connectivity index (χ0n) is 27.4. The summed E-state index contributed by atoms with van der Waals surface area (Å²) in [5.41, 5.74) is 8.57. The number of piperidine rings is 1. The second kappa shape index (κ2) is 13.9. The minimum atomic E-state index is -1.19. The van der Waals surface area contributed by atoms with Crippen molar-refractivity contribution in [3.8, 4) is 11.5 Å². The molecule has 2 fully saturated rings. The van der Waals surface area contributed by atoms with Crippen LogP contribution in [0.2, 0.25) is 0 Å². The maximum atomic E-state index is 15.3. The lowest BCUT2D eigenvalue weighted by Crippen LogP contribution is -2.39. The molecule has 2 amide bonds. The van der Waals surface area contributed by atoms with Gasteiger partial charge >= 0.3 is 0 Å². The summed E-state index contributed by atoms with van der Waals surface area (Å²) >= 11 is 0. The first-order valence-corrected chi connectivity index (χ1v) is 16.3. The van der Waals surface area contributed by atoms with Crippen molar-refractivity contribution in [3.63, 3.8) is 0 Å². The van der Waals surface area contributed by atoms with Crippen LogP contribution in [0.25, 0.3) is 16.5 Å². The van der Waals surface area contributed by atoms with Crippen LogP contribution in [0.1, 0.15) is 50.8 Å². The van der Waals surface area contributed by atoms with Gasteiger partial charge in [-0.3, -0.25) is 24.5 Å². The van der Waals surface area contributed by atoms with Gasteiger partial charge in [-0.25, -0.2) is 4.39 Å². The van der Waals surface area contributed by atoms with E-state index in [1.807, 2.05) is 19.1 Å². The molecule has 1 aliphatic heterocycles. The number of nitrogens with zero attached hydrogens (tertiary/aromatic N) is 4. The number of aromatic nitrogens is 2. The van der Waals surface area contributed by atoms with Crippen molar-refractivity contribution in [2.45, 2.75) is 58.5 Å². The average Bonchev–Trinajstić information content (AvgIpc) is 3.90. The molecular weight excluding hydrogens is 609 g/mol. The highest BCUT2D eigenvalue weighted by molar-refractivity contribution is 6.17. The van der Waals surface area contributed by atoms with Gasteiger partial charge in [0.15, 0.2) is 11.6 Å². The van der Waals surface area contributed by atoms with Crippen molar-refractivity contribution < 1.29 is 18.7 Å². The van der Waals surface area contributed by atoms with Gasteiger partial charge in [0.2, 0.25) is 11.8 Å². The predicted octanol–water partition coefficient (Wildman–Crippen LogP) is 6.47. The number of benzene rings is 2. The Labute approximate surface area is 279 Å². The summed E-state index contributed by atoms with van der Waals surface area (Å²) in [5.74, 6) is -1.21. The van der Waals surface area contributed by atoms with Crippen LogP contribution in [0.5, 0.6) is 11.5 Å². The molecule has 6 rings (SSSR count). The van der Waals surface area contributed by atoms with E-state index in [1.54, 1.807) is 42.9 Å². The summed E-state index contributed by atoms with van der Waals surface area (Å²) < 4.78 is 21.2. The van der Waals surface area contributed by atoms with E-state index in [-0.39, 0.29) is 23.4 Å². The van der Waals surface area contributed by atoms with E-state index in [1.165, 1.54) is 24.4 Å². The molecule has 3 heterocycles. The molecule has 1 saturated carbocycles. The van der Waals surface area contributed by atoms with Gasteiger partial charge in [0.1, 0.15) is 11.2 Å². The predicted molar refractivity (Wildman–Crippen MR) is 187 cm³/mol. The quantitative estimate of drug-likeness (QED) is 0.132. The number of hydrogen-bond donors (Lipinski definition) is 3. The van der Waals surface area contributed by atoms with Crippen LogP contribution in [0.3, 0.4) is 0 Å². The first kappa shape index (κ1) is 32.8. The number of carbonyl (C=O) groups excluding carboxylic acids is 2. The number of allylic oxidation sites excluding steroid dienone is 1. The van der Waals surface area contributed by atoms with Crippen LogP contribution in [0.4, 0.5) is 15.8 Å². The van der Waals surface area contributed by atoms with Crippen molar-refractivity contribution in [3.05, 3.63) is 90.3 Å². The third-order valence-electron chi connectivity index (χ3n) is 9.05. The summed E-state index contributed by atoms with van der Waals surface area (Å²) in [6.45, 7) is 8.42. The number of fused-ring (bicyclic) bond motifs is 1. The third-order valence-corrected chi connectivity index (χ3v) is 9.05. The summed E-state index contributed by atoms with van der Waals surface area (Å²) in [6.07, 6.45) is 9.28. The van der Waals surface area contributed by atoms with Crippen molar-refractivity contribution in [1.82, 2.24) is 14.9 Å². The number of rotatable bonds is 10. The number of aryl methyl sites for hydroxylation is 1. The van der Waals surface area contributed by atoms with Crippen LogP contribution in [0.15, 0.2) is 78.2 Å². The van der Waals surface area contributed by atoms with E-state index < -0.39 is 17.1 Å². The van der Waals surface area contributed by atoms with E-state index in [2.05, 4.69) is 39.3 Å². The number of amides is 2. The minimum Gasteiger partial charge on any atom is -0.453 e. The van der Waals surface area contributed by atoms with Crippen molar-refractivity contribution in [2.75, 3.05) is 23.7 Å². The smallest absolute Gasteiger partial charge is 0.240 e. The molecule has 10 nitrogen and oxygen atoms in total. The SMILES string of the molecule is Cc1ccc(NC(=O)C2(C(=O)Nc3ccc(Oc4ccnc5cc(C(C=NC6CCN(C(C)C)CC6)=CN)ncc45)c(F)c3)CC2)cc1. The van der Waals surface area contributed by atoms with Gasteiger partial charge in [0.25, 0.3) is 0 Å². The molecule has 2 aliphatic rings. The number of anilines is 2. The molecule has 0 spiro atoms. The number of nitrogens with one attached hydrogen (secondary N) is 2. The fourth-order valence-electron chi connectivity index (χ4n) is 5.80. The first-order valence-electron chi connectivity index (χ1n) is 16.3. The van der Waals surface area contributed by atoms with E-state index in [0.717, 1.165) is 31.5 Å². The standard InChI is InChI=1S/C37H40FN7O3/c1-23(2)45-16-11-26(12-17-45)41-21-25(20-39)31-19-32-29(22-42-31)33(10-15-40-32)48-34-9-8-28(18-30(34)38)44-36(47)37(13-14-37)35(46)43-27-6-4-24(3)5-7-27/h4-10,15,18-23,26H,11-14,16-17,39H2,1-3H3,(H,43,46)(H,44,47). The molecule has 2 aromatic carbocycles. The maximum absolute atomic E-state index is 15.3. The molecule has 1 aliphatic carbocycles. The number of aliphatic imine (C=N–C) groups is 1. The Morgan fingerprint density at radius 1 is 1.00 bits per heavy atom. The van der Waals surface area contributed by atoms with Crippen molar-refractivity contribution in [1.29, 1.82) is 0 Å². The number of nitrogens with two attached hydrogens (primary N) is 1. The lowest BCUT2D eigenvalue weighted by molar-refractivity contribution is -0.131. The topological polar surface area (TPSA) is 135 Å². The van der Waals surface area contributed by atoms with Crippen LogP contribution < -0.4 is 21.1 Å². The average molecular weight is 650 g/mol. The molecule has 0 atom stereocenters. The Balaban J connectivity index is 1.11. The van der Waals surface area contributed by atoms with Crippen LogP contribution in [-0.2, 0) is 9.59 Å². The van der Waals surface area contributed by atoms with Gasteiger partial charge in [-0.2, -0.15) is 0 Å². The highest BCUT2D eigenvalue weighted by Gasteiger charge is 2.56. The Kier molecular flexibility index (Phi) is 9.49. The number of pyridine rings is 2. The molecule has 4 aromatic rings. The number of hydrogen-bond acceptors (Lipinski definition) is 8. The molecule has 11 heteroatoms. The number of halogens is 1.